The average molecular weight is 938 g/mol. The van der Waals surface area contributed by atoms with Gasteiger partial charge in [0.1, 0.15) is 13.2 Å². The van der Waals surface area contributed by atoms with Crippen LogP contribution in [0.15, 0.2) is 60.8 Å². The van der Waals surface area contributed by atoms with Gasteiger partial charge in [-0.1, -0.05) is 261 Å². The lowest BCUT2D eigenvalue weighted by atomic mass is 10.0. The van der Waals surface area contributed by atoms with Crippen molar-refractivity contribution in [2.24, 2.45) is 0 Å². The summed E-state index contributed by atoms with van der Waals surface area (Å²) in [4.78, 5) is 38.0. The molecule has 0 rings (SSSR count). The van der Waals surface area contributed by atoms with Crippen molar-refractivity contribution in [2.45, 2.75) is 297 Å². The highest BCUT2D eigenvalue weighted by molar-refractivity contribution is 5.71. The molecule has 0 N–H and O–H groups in total. The zero-order valence-corrected chi connectivity index (χ0v) is 44.4. The second-order valence-corrected chi connectivity index (χ2v) is 19.2. The van der Waals surface area contributed by atoms with Gasteiger partial charge in [-0.3, -0.25) is 14.4 Å². The zero-order chi connectivity index (χ0) is 48.6. The molecule has 0 heterocycles. The van der Waals surface area contributed by atoms with Crippen LogP contribution >= 0.6 is 0 Å². The fourth-order valence-electron chi connectivity index (χ4n) is 8.22. The third-order valence-corrected chi connectivity index (χ3v) is 12.5. The van der Waals surface area contributed by atoms with Crippen molar-refractivity contribution in [1.82, 2.24) is 0 Å². The molecule has 0 saturated heterocycles. The first-order chi connectivity index (χ1) is 33.0. The molecule has 1 unspecified atom stereocenters. The second-order valence-electron chi connectivity index (χ2n) is 19.2. The van der Waals surface area contributed by atoms with Crippen molar-refractivity contribution in [3.05, 3.63) is 60.8 Å². The van der Waals surface area contributed by atoms with E-state index in [4.69, 9.17) is 14.2 Å². The van der Waals surface area contributed by atoms with Crippen molar-refractivity contribution in [3.8, 4) is 0 Å². The third kappa shape index (κ3) is 53.9. The Morgan fingerprint density at radius 3 is 0.985 bits per heavy atom. The molecule has 0 aromatic heterocycles. The summed E-state index contributed by atoms with van der Waals surface area (Å²) < 4.78 is 16.8. The molecule has 0 amide bonds. The smallest absolute Gasteiger partial charge is 0.306 e. The minimum Gasteiger partial charge on any atom is -0.462 e. The van der Waals surface area contributed by atoms with E-state index in [0.717, 1.165) is 70.6 Å². The maximum absolute atomic E-state index is 12.8. The molecule has 0 spiro atoms. The number of hydrogen-bond acceptors (Lipinski definition) is 6. The van der Waals surface area contributed by atoms with E-state index in [2.05, 4.69) is 75.5 Å². The molecule has 0 aromatic carbocycles. The molecule has 0 aliphatic rings. The number of esters is 3. The Kier molecular flexibility index (Phi) is 53.3. The summed E-state index contributed by atoms with van der Waals surface area (Å²) in [6, 6.07) is 0. The maximum Gasteiger partial charge on any atom is 0.306 e. The van der Waals surface area contributed by atoms with Gasteiger partial charge in [-0.25, -0.2) is 0 Å². The molecule has 0 radical (unpaired) electrons. The first-order valence-corrected chi connectivity index (χ1v) is 28.8. The van der Waals surface area contributed by atoms with E-state index in [1.807, 2.05) is 6.08 Å². The van der Waals surface area contributed by atoms with E-state index in [-0.39, 0.29) is 37.5 Å². The first-order valence-electron chi connectivity index (χ1n) is 28.8. The lowest BCUT2D eigenvalue weighted by molar-refractivity contribution is -0.166. The standard InChI is InChI=1S/C61H108O6/c1-4-7-10-13-16-19-22-25-26-27-28-29-30-31-32-33-34-37-39-42-45-48-51-54-60(63)66-57-58(67-61(64)55-52-49-46-43-40-36-24-21-18-15-12-9-6-3)56-65-59(62)53-50-47-44-41-38-35-23-20-17-14-11-8-5-2/h9,12,18,20-21,23,36,40,46,49,58H,4-8,10-11,13-17,19,22,24-35,37-39,41-45,47-48,50-57H2,1-3H3/b12-9-,21-18-,23-20-,40-36-,49-46-. The predicted molar refractivity (Wildman–Crippen MR) is 288 cm³/mol. The van der Waals surface area contributed by atoms with Crippen molar-refractivity contribution in [1.29, 1.82) is 0 Å². The van der Waals surface area contributed by atoms with E-state index in [1.165, 1.54) is 173 Å². The number of allylic oxidation sites excluding steroid dienone is 10. The first kappa shape index (κ1) is 64.1. The number of unbranched alkanes of at least 4 members (excludes halogenated alkanes) is 31. The van der Waals surface area contributed by atoms with Gasteiger partial charge in [0.25, 0.3) is 0 Å². The van der Waals surface area contributed by atoms with E-state index >= 15 is 0 Å². The number of rotatable bonds is 52. The minimum atomic E-state index is -0.813. The van der Waals surface area contributed by atoms with E-state index in [0.29, 0.717) is 19.3 Å². The molecule has 6 heteroatoms. The Morgan fingerprint density at radius 2 is 0.612 bits per heavy atom. The monoisotopic (exact) mass is 937 g/mol. The van der Waals surface area contributed by atoms with Gasteiger partial charge in [-0.2, -0.15) is 0 Å². The van der Waals surface area contributed by atoms with Gasteiger partial charge in [0.2, 0.25) is 0 Å². The zero-order valence-electron chi connectivity index (χ0n) is 44.4. The fourth-order valence-corrected chi connectivity index (χ4v) is 8.22. The number of carbonyl (C=O) groups is 3. The van der Waals surface area contributed by atoms with Gasteiger partial charge in [0.05, 0.1) is 0 Å². The summed E-state index contributed by atoms with van der Waals surface area (Å²) in [5.41, 5.74) is 0. The normalized spacial score (nSPS) is 12.5. The lowest BCUT2D eigenvalue weighted by Gasteiger charge is -2.18. The van der Waals surface area contributed by atoms with Gasteiger partial charge in [-0.05, 0) is 70.6 Å². The topological polar surface area (TPSA) is 78.9 Å². The Hall–Kier alpha value is -2.89. The quantitative estimate of drug-likeness (QED) is 0.0262. The third-order valence-electron chi connectivity index (χ3n) is 12.5. The SMILES string of the molecule is CC/C=C\C/C=C\C/C=C\C/C=C\CCC(=O)OC(COC(=O)CCCCCCC/C=C\CCCCCC)COC(=O)CCCCCCCCCCCCCCCCCCCCCCCCC. The molecule has 388 valence electrons. The van der Waals surface area contributed by atoms with E-state index in [1.54, 1.807) is 0 Å². The van der Waals surface area contributed by atoms with Gasteiger partial charge in [0.15, 0.2) is 6.10 Å². The molecular weight excluding hydrogens is 829 g/mol. The van der Waals surface area contributed by atoms with Crippen LogP contribution < -0.4 is 0 Å². The van der Waals surface area contributed by atoms with Crippen LogP contribution in [0.5, 0.6) is 0 Å². The van der Waals surface area contributed by atoms with Gasteiger partial charge in [0, 0.05) is 19.3 Å². The summed E-state index contributed by atoms with van der Waals surface area (Å²) in [6.07, 6.45) is 69.6. The van der Waals surface area contributed by atoms with Crippen molar-refractivity contribution < 1.29 is 28.6 Å². The highest BCUT2D eigenvalue weighted by atomic mass is 16.6. The number of ether oxygens (including phenoxy) is 3. The molecule has 0 aromatic rings. The summed E-state index contributed by atoms with van der Waals surface area (Å²) in [7, 11) is 0. The minimum absolute atomic E-state index is 0.103. The molecule has 0 fully saturated rings. The van der Waals surface area contributed by atoms with E-state index in [9.17, 15) is 14.4 Å². The molecule has 0 bridgehead atoms. The van der Waals surface area contributed by atoms with Gasteiger partial charge < -0.3 is 14.2 Å². The van der Waals surface area contributed by atoms with Crippen LogP contribution in [0.1, 0.15) is 290 Å². The largest absolute Gasteiger partial charge is 0.462 e. The summed E-state index contributed by atoms with van der Waals surface area (Å²) in [5, 5.41) is 0. The van der Waals surface area contributed by atoms with Crippen LogP contribution in [-0.2, 0) is 28.6 Å². The summed E-state index contributed by atoms with van der Waals surface area (Å²) in [6.45, 7) is 6.47. The lowest BCUT2D eigenvalue weighted by Crippen LogP contribution is -2.30. The van der Waals surface area contributed by atoms with Crippen molar-refractivity contribution in [2.75, 3.05) is 13.2 Å². The number of hydrogen-bond donors (Lipinski definition) is 0. The molecule has 1 atom stereocenters. The van der Waals surface area contributed by atoms with Crippen LogP contribution in [-0.4, -0.2) is 37.2 Å². The predicted octanol–water partition coefficient (Wildman–Crippen LogP) is 19.2. The molecule has 0 aliphatic carbocycles. The molecule has 67 heavy (non-hydrogen) atoms. The Bertz CT molecular complexity index is 1210. The van der Waals surface area contributed by atoms with E-state index < -0.39 is 6.10 Å². The Balaban J connectivity index is 4.30. The van der Waals surface area contributed by atoms with Gasteiger partial charge >= 0.3 is 17.9 Å². The van der Waals surface area contributed by atoms with Crippen molar-refractivity contribution >= 4 is 17.9 Å². The van der Waals surface area contributed by atoms with Crippen LogP contribution in [0.3, 0.4) is 0 Å². The molecule has 0 saturated carbocycles. The van der Waals surface area contributed by atoms with Crippen LogP contribution in [0.4, 0.5) is 0 Å². The highest BCUT2D eigenvalue weighted by Gasteiger charge is 2.19. The fraction of sp³-hybridized carbons (Fsp3) is 0.787. The summed E-state index contributed by atoms with van der Waals surface area (Å²) >= 11 is 0. The molecule has 0 aliphatic heterocycles. The van der Waals surface area contributed by atoms with Crippen LogP contribution in [0.25, 0.3) is 0 Å². The number of carbonyl (C=O) groups excluding carboxylic acids is 3. The van der Waals surface area contributed by atoms with Crippen LogP contribution in [0.2, 0.25) is 0 Å². The summed E-state index contributed by atoms with van der Waals surface area (Å²) in [5.74, 6) is -0.984. The Morgan fingerprint density at radius 1 is 0.313 bits per heavy atom. The average Bonchev–Trinajstić information content (AvgIpc) is 3.33. The van der Waals surface area contributed by atoms with Gasteiger partial charge in [-0.15, -0.1) is 0 Å². The maximum atomic E-state index is 12.8. The Labute approximate surface area is 415 Å². The van der Waals surface area contributed by atoms with Crippen molar-refractivity contribution in [3.63, 3.8) is 0 Å². The van der Waals surface area contributed by atoms with Crippen LogP contribution in [0, 0.1) is 0 Å². The molecular formula is C61H108O6. The molecule has 6 nitrogen and oxygen atoms in total. The second kappa shape index (κ2) is 55.7. The highest BCUT2D eigenvalue weighted by Crippen LogP contribution is 2.17.